The fourth-order valence-corrected chi connectivity index (χ4v) is 3.33. The second kappa shape index (κ2) is 5.44. The van der Waals surface area contributed by atoms with Crippen molar-refractivity contribution in [2.75, 3.05) is 7.11 Å². The molecule has 0 saturated carbocycles. The second-order valence-corrected chi connectivity index (χ2v) is 6.05. The fraction of sp³-hybridized carbons (Fsp3) is 0.211. The van der Waals surface area contributed by atoms with E-state index in [0.29, 0.717) is 11.3 Å². The lowest BCUT2D eigenvalue weighted by atomic mass is 10.2. The molecule has 0 aliphatic heterocycles. The minimum Gasteiger partial charge on any atom is -0.508 e. The summed E-state index contributed by atoms with van der Waals surface area (Å²) in [7, 11) is 1.57. The lowest BCUT2D eigenvalue weighted by Gasteiger charge is -2.12. The Labute approximate surface area is 144 Å². The zero-order valence-electron chi connectivity index (χ0n) is 14.5. The SMILES string of the molecule is COc1cc(O)cc2c1nc(C)c1c(C)nc(-c3cccnc3C)n12. The zero-order valence-corrected chi connectivity index (χ0v) is 14.5. The number of phenolic OH excluding ortho intramolecular Hbond substituents is 1. The molecule has 0 radical (unpaired) electrons. The number of pyridine rings is 1. The van der Waals surface area contributed by atoms with Crippen molar-refractivity contribution in [3.8, 4) is 22.9 Å². The average molecular weight is 334 g/mol. The Morgan fingerprint density at radius 2 is 1.80 bits per heavy atom. The molecule has 0 unspecified atom stereocenters. The Bertz CT molecular complexity index is 1130. The van der Waals surface area contributed by atoms with Gasteiger partial charge in [-0.1, -0.05) is 0 Å². The third-order valence-electron chi connectivity index (χ3n) is 4.42. The number of benzene rings is 1. The summed E-state index contributed by atoms with van der Waals surface area (Å²) in [5.74, 6) is 1.43. The van der Waals surface area contributed by atoms with Crippen molar-refractivity contribution in [3.05, 3.63) is 47.5 Å². The van der Waals surface area contributed by atoms with Crippen molar-refractivity contribution in [3.63, 3.8) is 0 Å². The molecule has 0 spiro atoms. The van der Waals surface area contributed by atoms with Gasteiger partial charge in [0.05, 0.1) is 29.5 Å². The Morgan fingerprint density at radius 3 is 2.52 bits per heavy atom. The van der Waals surface area contributed by atoms with Gasteiger partial charge in [0.1, 0.15) is 22.8 Å². The summed E-state index contributed by atoms with van der Waals surface area (Å²) in [6, 6.07) is 7.15. The van der Waals surface area contributed by atoms with Gasteiger partial charge in [0.2, 0.25) is 0 Å². The molecule has 1 N–H and O–H groups in total. The van der Waals surface area contributed by atoms with Gasteiger partial charge in [-0.25, -0.2) is 9.97 Å². The lowest BCUT2D eigenvalue weighted by molar-refractivity contribution is 0.411. The zero-order chi connectivity index (χ0) is 17.7. The van der Waals surface area contributed by atoms with E-state index in [1.54, 1.807) is 25.4 Å². The molecule has 0 aliphatic rings. The number of aryl methyl sites for hydroxylation is 3. The van der Waals surface area contributed by atoms with Crippen LogP contribution in [-0.2, 0) is 0 Å². The average Bonchev–Trinajstić information content (AvgIpc) is 2.93. The van der Waals surface area contributed by atoms with E-state index in [2.05, 4.69) is 4.98 Å². The molecule has 0 amide bonds. The van der Waals surface area contributed by atoms with Crippen LogP contribution in [0.15, 0.2) is 30.5 Å². The van der Waals surface area contributed by atoms with Crippen LogP contribution in [0.3, 0.4) is 0 Å². The first-order chi connectivity index (χ1) is 12.0. The topological polar surface area (TPSA) is 72.5 Å². The van der Waals surface area contributed by atoms with E-state index >= 15 is 0 Å². The van der Waals surface area contributed by atoms with Crippen molar-refractivity contribution >= 4 is 16.6 Å². The number of nitrogens with zero attached hydrogens (tertiary/aromatic N) is 4. The van der Waals surface area contributed by atoms with Gasteiger partial charge in [0, 0.05) is 29.6 Å². The van der Waals surface area contributed by atoms with Crippen LogP contribution in [0.5, 0.6) is 11.5 Å². The highest BCUT2D eigenvalue weighted by Gasteiger charge is 2.19. The predicted molar refractivity (Wildman–Crippen MR) is 96.2 cm³/mol. The predicted octanol–water partition coefficient (Wildman–Crippen LogP) is 3.58. The van der Waals surface area contributed by atoms with Gasteiger partial charge in [-0.15, -0.1) is 0 Å². The van der Waals surface area contributed by atoms with Crippen molar-refractivity contribution in [2.45, 2.75) is 20.8 Å². The number of methoxy groups -OCH3 is 1. The number of ether oxygens (including phenoxy) is 1. The van der Waals surface area contributed by atoms with E-state index in [9.17, 15) is 5.11 Å². The monoisotopic (exact) mass is 334 g/mol. The van der Waals surface area contributed by atoms with Crippen LogP contribution < -0.4 is 4.74 Å². The molecule has 0 aliphatic carbocycles. The Balaban J connectivity index is 2.25. The van der Waals surface area contributed by atoms with E-state index in [4.69, 9.17) is 14.7 Å². The molecule has 0 atom stereocenters. The number of hydrogen-bond donors (Lipinski definition) is 1. The third kappa shape index (κ3) is 2.21. The molecule has 126 valence electrons. The number of phenols is 1. The summed E-state index contributed by atoms with van der Waals surface area (Å²) < 4.78 is 7.45. The van der Waals surface area contributed by atoms with E-state index < -0.39 is 0 Å². The smallest absolute Gasteiger partial charge is 0.150 e. The first kappa shape index (κ1) is 15.4. The molecule has 0 fully saturated rings. The summed E-state index contributed by atoms with van der Waals surface area (Å²) in [6.45, 7) is 5.88. The molecule has 0 saturated heterocycles. The quantitative estimate of drug-likeness (QED) is 0.606. The molecule has 6 heteroatoms. The summed E-state index contributed by atoms with van der Waals surface area (Å²) in [6.07, 6.45) is 1.77. The first-order valence-electron chi connectivity index (χ1n) is 7.99. The molecular weight excluding hydrogens is 316 g/mol. The minimum atomic E-state index is 0.122. The highest BCUT2D eigenvalue weighted by molar-refractivity contribution is 5.89. The lowest BCUT2D eigenvalue weighted by Crippen LogP contribution is -2.00. The molecule has 25 heavy (non-hydrogen) atoms. The standard InChI is InChI=1S/C19H18N4O2/c1-10-14(6-5-7-20-10)19-22-12(3)18-11(2)21-17-15(23(18)19)8-13(24)9-16(17)25-4/h5-9,24H,1-4H3. The summed E-state index contributed by atoms with van der Waals surface area (Å²) in [4.78, 5) is 13.9. The first-order valence-corrected chi connectivity index (χ1v) is 7.99. The van der Waals surface area contributed by atoms with Crippen LogP contribution >= 0.6 is 0 Å². The minimum absolute atomic E-state index is 0.122. The van der Waals surface area contributed by atoms with Gasteiger partial charge in [0.25, 0.3) is 0 Å². The van der Waals surface area contributed by atoms with Gasteiger partial charge in [-0.3, -0.25) is 9.38 Å². The van der Waals surface area contributed by atoms with Gasteiger partial charge >= 0.3 is 0 Å². The second-order valence-electron chi connectivity index (χ2n) is 6.05. The molecule has 6 nitrogen and oxygen atoms in total. The van der Waals surface area contributed by atoms with E-state index in [1.165, 1.54) is 0 Å². The molecular formula is C19H18N4O2. The van der Waals surface area contributed by atoms with E-state index in [0.717, 1.165) is 39.5 Å². The number of hydrogen-bond acceptors (Lipinski definition) is 5. The maximum Gasteiger partial charge on any atom is 0.150 e. The highest BCUT2D eigenvalue weighted by atomic mass is 16.5. The van der Waals surface area contributed by atoms with Crippen molar-refractivity contribution in [2.24, 2.45) is 0 Å². The van der Waals surface area contributed by atoms with Crippen molar-refractivity contribution in [1.29, 1.82) is 0 Å². The largest absolute Gasteiger partial charge is 0.508 e. The van der Waals surface area contributed by atoms with E-state index in [1.807, 2.05) is 37.3 Å². The maximum atomic E-state index is 10.1. The Morgan fingerprint density at radius 1 is 1.04 bits per heavy atom. The Hall–Kier alpha value is -3.15. The number of fused-ring (bicyclic) bond motifs is 3. The molecule has 1 aromatic carbocycles. The normalized spacial score (nSPS) is 11.4. The highest BCUT2D eigenvalue weighted by Crippen LogP contribution is 2.34. The summed E-state index contributed by atoms with van der Waals surface area (Å²) in [5.41, 5.74) is 5.94. The van der Waals surface area contributed by atoms with E-state index in [-0.39, 0.29) is 5.75 Å². The van der Waals surface area contributed by atoms with Gasteiger partial charge in [-0.2, -0.15) is 0 Å². The molecule has 3 aromatic heterocycles. The van der Waals surface area contributed by atoms with Gasteiger partial charge in [0.15, 0.2) is 0 Å². The summed E-state index contributed by atoms with van der Waals surface area (Å²) >= 11 is 0. The van der Waals surface area contributed by atoms with Crippen LogP contribution in [0.25, 0.3) is 27.9 Å². The maximum absolute atomic E-state index is 10.1. The van der Waals surface area contributed by atoms with Crippen LogP contribution in [0.1, 0.15) is 17.1 Å². The molecule has 4 rings (SSSR count). The molecule has 4 aromatic rings. The Kier molecular flexibility index (Phi) is 3.35. The summed E-state index contributed by atoms with van der Waals surface area (Å²) in [5, 5.41) is 10.1. The molecule has 3 heterocycles. The number of rotatable bonds is 2. The van der Waals surface area contributed by atoms with Crippen LogP contribution in [0.2, 0.25) is 0 Å². The third-order valence-corrected chi connectivity index (χ3v) is 4.42. The van der Waals surface area contributed by atoms with Crippen LogP contribution in [-0.4, -0.2) is 31.6 Å². The van der Waals surface area contributed by atoms with Crippen molar-refractivity contribution in [1.82, 2.24) is 19.4 Å². The van der Waals surface area contributed by atoms with Crippen LogP contribution in [0.4, 0.5) is 0 Å². The number of aromatic hydroxyl groups is 1. The molecule has 0 bridgehead atoms. The van der Waals surface area contributed by atoms with Gasteiger partial charge in [-0.05, 0) is 32.9 Å². The number of aromatic nitrogens is 4. The van der Waals surface area contributed by atoms with Gasteiger partial charge < -0.3 is 9.84 Å². The van der Waals surface area contributed by atoms with Crippen LogP contribution in [0, 0.1) is 20.8 Å². The fourth-order valence-electron chi connectivity index (χ4n) is 3.33. The van der Waals surface area contributed by atoms with Crippen molar-refractivity contribution < 1.29 is 9.84 Å². The number of imidazole rings is 1.